The van der Waals surface area contributed by atoms with Gasteiger partial charge in [-0.2, -0.15) is 5.10 Å². The summed E-state index contributed by atoms with van der Waals surface area (Å²) in [4.78, 5) is 0.302. The van der Waals surface area contributed by atoms with Crippen molar-refractivity contribution < 1.29 is 4.74 Å². The molecule has 4 nitrogen and oxygen atoms in total. The number of hydrogen-bond acceptors (Lipinski definition) is 3. The Balaban J connectivity index is 2.42. The molecule has 2 rings (SSSR count). The zero-order valence-corrected chi connectivity index (χ0v) is 12.4. The van der Waals surface area contributed by atoms with Gasteiger partial charge in [0.25, 0.3) is 0 Å². The molecule has 18 heavy (non-hydrogen) atoms. The highest BCUT2D eigenvalue weighted by Crippen LogP contribution is 2.28. The van der Waals surface area contributed by atoms with Crippen molar-refractivity contribution in [2.45, 2.75) is 6.92 Å². The van der Waals surface area contributed by atoms with Gasteiger partial charge in [0.15, 0.2) is 0 Å². The van der Waals surface area contributed by atoms with Crippen molar-refractivity contribution in [2.75, 3.05) is 0 Å². The topological polar surface area (TPSA) is 53.1 Å². The summed E-state index contributed by atoms with van der Waals surface area (Å²) in [6.45, 7) is 1.91. The second-order valence-electron chi connectivity index (χ2n) is 3.85. The van der Waals surface area contributed by atoms with Crippen LogP contribution in [0.5, 0.6) is 11.6 Å². The van der Waals surface area contributed by atoms with Crippen LogP contribution in [-0.2, 0) is 7.05 Å². The first-order valence-electron chi connectivity index (χ1n) is 5.25. The summed E-state index contributed by atoms with van der Waals surface area (Å²) in [5, 5.41) is 4.22. The molecule has 2 N–H and O–H groups in total. The van der Waals surface area contributed by atoms with Crippen molar-refractivity contribution >= 4 is 33.1 Å². The lowest BCUT2D eigenvalue weighted by Crippen LogP contribution is -2.11. The van der Waals surface area contributed by atoms with Crippen molar-refractivity contribution in [1.29, 1.82) is 0 Å². The first kappa shape index (κ1) is 13.0. The van der Waals surface area contributed by atoms with Crippen molar-refractivity contribution in [3.8, 4) is 11.6 Å². The van der Waals surface area contributed by atoms with E-state index in [1.807, 2.05) is 38.2 Å². The van der Waals surface area contributed by atoms with Gasteiger partial charge in [0.05, 0.1) is 11.3 Å². The van der Waals surface area contributed by atoms with Crippen LogP contribution in [0.25, 0.3) is 0 Å². The van der Waals surface area contributed by atoms with Crippen molar-refractivity contribution in [3.05, 3.63) is 40.0 Å². The standard InChI is InChI=1S/C12H12BrN3OS/c1-7-5-11(16(2)15-7)17-10-6-8(13)3-4-9(10)12(14)18/h3-6H,1-2H3,(H2,14,18). The van der Waals surface area contributed by atoms with Crippen molar-refractivity contribution in [1.82, 2.24) is 9.78 Å². The molecule has 1 heterocycles. The third-order valence-electron chi connectivity index (χ3n) is 2.38. The molecule has 2 aromatic rings. The summed E-state index contributed by atoms with van der Waals surface area (Å²) in [6, 6.07) is 7.38. The van der Waals surface area contributed by atoms with Gasteiger partial charge >= 0.3 is 0 Å². The maximum Gasteiger partial charge on any atom is 0.217 e. The molecule has 0 aliphatic heterocycles. The van der Waals surface area contributed by atoms with Gasteiger partial charge in [-0.05, 0) is 25.1 Å². The number of aryl methyl sites for hydroxylation is 2. The molecule has 0 saturated heterocycles. The Kier molecular flexibility index (Phi) is 3.68. The van der Waals surface area contributed by atoms with Crippen molar-refractivity contribution in [3.63, 3.8) is 0 Å². The summed E-state index contributed by atoms with van der Waals surface area (Å²) in [5.74, 6) is 1.25. The number of halogens is 1. The second kappa shape index (κ2) is 5.07. The summed E-state index contributed by atoms with van der Waals surface area (Å²) in [7, 11) is 1.82. The van der Waals surface area contributed by atoms with Crippen LogP contribution in [-0.4, -0.2) is 14.8 Å². The van der Waals surface area contributed by atoms with Gasteiger partial charge in [0, 0.05) is 17.6 Å². The molecule has 0 aliphatic rings. The fraction of sp³-hybridized carbons (Fsp3) is 0.167. The molecule has 0 amide bonds. The first-order valence-corrected chi connectivity index (χ1v) is 6.45. The smallest absolute Gasteiger partial charge is 0.217 e. The van der Waals surface area contributed by atoms with E-state index in [4.69, 9.17) is 22.7 Å². The summed E-state index contributed by atoms with van der Waals surface area (Å²) >= 11 is 8.40. The van der Waals surface area contributed by atoms with E-state index < -0.39 is 0 Å². The highest BCUT2D eigenvalue weighted by atomic mass is 79.9. The first-order chi connectivity index (χ1) is 8.47. The van der Waals surface area contributed by atoms with Crippen LogP contribution in [0, 0.1) is 6.92 Å². The minimum atomic E-state index is 0.302. The molecule has 6 heteroatoms. The quantitative estimate of drug-likeness (QED) is 0.881. The zero-order valence-electron chi connectivity index (χ0n) is 9.98. The Bertz CT molecular complexity index is 609. The molecule has 0 aliphatic carbocycles. The highest BCUT2D eigenvalue weighted by Gasteiger charge is 2.11. The van der Waals surface area contributed by atoms with Crippen LogP contribution in [0.15, 0.2) is 28.7 Å². The SMILES string of the molecule is Cc1cc(Oc2cc(Br)ccc2C(N)=S)n(C)n1. The number of benzene rings is 1. The Hall–Kier alpha value is -1.40. The summed E-state index contributed by atoms with van der Waals surface area (Å²) in [6.07, 6.45) is 0. The van der Waals surface area contributed by atoms with Crippen LogP contribution >= 0.6 is 28.1 Å². The van der Waals surface area contributed by atoms with Crippen LogP contribution < -0.4 is 10.5 Å². The van der Waals surface area contributed by atoms with Gasteiger partial charge in [0.2, 0.25) is 5.88 Å². The van der Waals surface area contributed by atoms with Crippen LogP contribution in [0.3, 0.4) is 0 Å². The molecular weight excluding hydrogens is 314 g/mol. The normalized spacial score (nSPS) is 10.4. The van der Waals surface area contributed by atoms with E-state index in [-0.39, 0.29) is 0 Å². The lowest BCUT2D eigenvalue weighted by atomic mass is 10.2. The van der Waals surface area contributed by atoms with Crippen LogP contribution in [0.4, 0.5) is 0 Å². The minimum absolute atomic E-state index is 0.302. The fourth-order valence-corrected chi connectivity index (χ4v) is 2.09. The van der Waals surface area contributed by atoms with Gasteiger partial charge in [-0.3, -0.25) is 0 Å². The summed E-state index contributed by atoms with van der Waals surface area (Å²) in [5.41, 5.74) is 7.26. The molecule has 0 saturated carbocycles. The Labute approximate surface area is 119 Å². The largest absolute Gasteiger partial charge is 0.439 e. The molecular formula is C12H12BrN3OS. The van der Waals surface area contributed by atoms with Crippen LogP contribution in [0.2, 0.25) is 0 Å². The third kappa shape index (κ3) is 2.70. The average molecular weight is 326 g/mol. The highest BCUT2D eigenvalue weighted by molar-refractivity contribution is 9.10. The van der Waals surface area contributed by atoms with E-state index >= 15 is 0 Å². The van der Waals surface area contributed by atoms with Crippen molar-refractivity contribution in [2.24, 2.45) is 12.8 Å². The number of thiocarbonyl (C=S) groups is 1. The number of aromatic nitrogens is 2. The number of nitrogens with two attached hydrogens (primary N) is 1. The van der Waals surface area contributed by atoms with Gasteiger partial charge < -0.3 is 10.5 Å². The van der Waals surface area contributed by atoms with E-state index in [2.05, 4.69) is 21.0 Å². The molecule has 0 bridgehead atoms. The lowest BCUT2D eigenvalue weighted by Gasteiger charge is -2.10. The minimum Gasteiger partial charge on any atom is -0.439 e. The average Bonchev–Trinajstić information content (AvgIpc) is 2.57. The Morgan fingerprint density at radius 3 is 2.72 bits per heavy atom. The molecule has 1 aromatic carbocycles. The van der Waals surface area contributed by atoms with E-state index in [1.54, 1.807) is 4.68 Å². The van der Waals surface area contributed by atoms with Gasteiger partial charge in [-0.1, -0.05) is 28.1 Å². The van der Waals surface area contributed by atoms with Gasteiger partial charge in [0.1, 0.15) is 10.7 Å². The molecule has 0 fully saturated rings. The predicted octanol–water partition coefficient (Wildman–Crippen LogP) is 2.92. The molecule has 0 spiro atoms. The summed E-state index contributed by atoms with van der Waals surface area (Å²) < 4.78 is 8.37. The second-order valence-corrected chi connectivity index (χ2v) is 5.21. The number of ether oxygens (including phenoxy) is 1. The maximum atomic E-state index is 5.81. The molecule has 1 aromatic heterocycles. The predicted molar refractivity (Wildman–Crippen MR) is 78.0 cm³/mol. The fourth-order valence-electron chi connectivity index (χ4n) is 1.58. The maximum absolute atomic E-state index is 5.81. The number of hydrogen-bond donors (Lipinski definition) is 1. The van der Waals surface area contributed by atoms with Gasteiger partial charge in [-0.15, -0.1) is 0 Å². The monoisotopic (exact) mass is 325 g/mol. The van der Waals surface area contributed by atoms with E-state index in [0.29, 0.717) is 22.2 Å². The van der Waals surface area contributed by atoms with E-state index in [9.17, 15) is 0 Å². The third-order valence-corrected chi connectivity index (χ3v) is 3.10. The number of rotatable bonds is 3. The van der Waals surface area contributed by atoms with Crippen LogP contribution in [0.1, 0.15) is 11.3 Å². The molecule has 0 radical (unpaired) electrons. The van der Waals surface area contributed by atoms with E-state index in [1.165, 1.54) is 0 Å². The number of nitrogens with zero attached hydrogens (tertiary/aromatic N) is 2. The zero-order chi connectivity index (χ0) is 13.3. The lowest BCUT2D eigenvalue weighted by molar-refractivity contribution is 0.429. The van der Waals surface area contributed by atoms with Gasteiger partial charge in [-0.25, -0.2) is 4.68 Å². The molecule has 0 atom stereocenters. The Morgan fingerprint density at radius 2 is 2.17 bits per heavy atom. The molecule has 0 unspecified atom stereocenters. The molecule has 94 valence electrons. The van der Waals surface area contributed by atoms with E-state index in [0.717, 1.165) is 10.2 Å². The Morgan fingerprint density at radius 1 is 1.44 bits per heavy atom.